The van der Waals surface area contributed by atoms with E-state index < -0.39 is 15.8 Å². The number of hydrogen-bond acceptors (Lipinski definition) is 4. The standard InChI is InChI=1S/C12H15FN4O2S/c1-7-4-12(17(3)15-7)16-20(18,19)9-5-10(13)8(2)11(14)6-9/h4-6,16H,14H2,1-3H3. The molecule has 1 aromatic heterocycles. The Kier molecular flexibility index (Phi) is 3.43. The Morgan fingerprint density at radius 2 is 1.95 bits per heavy atom. The van der Waals surface area contributed by atoms with Gasteiger partial charge in [0.2, 0.25) is 0 Å². The Balaban J connectivity index is 2.43. The summed E-state index contributed by atoms with van der Waals surface area (Å²) in [7, 11) is -2.31. The van der Waals surface area contributed by atoms with Crippen molar-refractivity contribution in [3.63, 3.8) is 0 Å². The zero-order chi connectivity index (χ0) is 15.1. The molecule has 0 radical (unpaired) electrons. The third-order valence-electron chi connectivity index (χ3n) is 2.91. The molecule has 2 rings (SSSR count). The van der Waals surface area contributed by atoms with Crippen molar-refractivity contribution in [3.05, 3.63) is 35.3 Å². The molecule has 0 aliphatic rings. The van der Waals surface area contributed by atoms with Gasteiger partial charge in [0.15, 0.2) is 0 Å². The van der Waals surface area contributed by atoms with Crippen LogP contribution < -0.4 is 10.5 Å². The Morgan fingerprint density at radius 3 is 2.45 bits per heavy atom. The lowest BCUT2D eigenvalue weighted by atomic mass is 10.2. The van der Waals surface area contributed by atoms with Crippen LogP contribution in [0.2, 0.25) is 0 Å². The monoisotopic (exact) mass is 298 g/mol. The third kappa shape index (κ3) is 2.60. The molecular formula is C12H15FN4O2S. The van der Waals surface area contributed by atoms with Gasteiger partial charge in [-0.15, -0.1) is 0 Å². The van der Waals surface area contributed by atoms with Crippen molar-refractivity contribution < 1.29 is 12.8 Å². The number of anilines is 2. The first-order valence-corrected chi connectivity index (χ1v) is 7.28. The van der Waals surface area contributed by atoms with Crippen molar-refractivity contribution in [2.45, 2.75) is 18.7 Å². The van der Waals surface area contributed by atoms with E-state index in [0.717, 1.165) is 6.07 Å². The van der Waals surface area contributed by atoms with E-state index in [2.05, 4.69) is 9.82 Å². The fourth-order valence-electron chi connectivity index (χ4n) is 1.73. The maximum absolute atomic E-state index is 13.6. The first kappa shape index (κ1) is 14.3. The summed E-state index contributed by atoms with van der Waals surface area (Å²) in [4.78, 5) is -0.225. The molecule has 0 spiro atoms. The van der Waals surface area contributed by atoms with Crippen LogP contribution in [0.3, 0.4) is 0 Å². The number of sulfonamides is 1. The second-order valence-corrected chi connectivity index (χ2v) is 6.20. The van der Waals surface area contributed by atoms with Gasteiger partial charge in [0.05, 0.1) is 10.6 Å². The summed E-state index contributed by atoms with van der Waals surface area (Å²) in [5.74, 6) is -0.367. The predicted molar refractivity (Wildman–Crippen MR) is 74.3 cm³/mol. The van der Waals surface area contributed by atoms with Crippen LogP contribution in [-0.2, 0) is 17.1 Å². The second-order valence-electron chi connectivity index (χ2n) is 4.52. The summed E-state index contributed by atoms with van der Waals surface area (Å²) in [6.45, 7) is 3.22. The lowest BCUT2D eigenvalue weighted by Gasteiger charge is -2.10. The van der Waals surface area contributed by atoms with Crippen molar-refractivity contribution in [1.29, 1.82) is 0 Å². The average molecular weight is 298 g/mol. The topological polar surface area (TPSA) is 90.0 Å². The van der Waals surface area contributed by atoms with Crippen LogP contribution in [0.5, 0.6) is 0 Å². The number of nitrogens with two attached hydrogens (primary N) is 1. The highest BCUT2D eigenvalue weighted by atomic mass is 32.2. The lowest BCUT2D eigenvalue weighted by molar-refractivity contribution is 0.593. The maximum Gasteiger partial charge on any atom is 0.263 e. The fraction of sp³-hybridized carbons (Fsp3) is 0.250. The number of nitrogen functional groups attached to an aromatic ring is 1. The molecule has 0 unspecified atom stereocenters. The van der Waals surface area contributed by atoms with E-state index in [1.54, 1.807) is 20.0 Å². The highest BCUT2D eigenvalue weighted by Crippen LogP contribution is 2.23. The molecule has 8 heteroatoms. The predicted octanol–water partition coefficient (Wildman–Crippen LogP) is 1.56. The second kappa shape index (κ2) is 4.78. The van der Waals surface area contributed by atoms with Crippen molar-refractivity contribution >= 4 is 21.5 Å². The molecule has 0 amide bonds. The number of nitrogens with one attached hydrogen (secondary N) is 1. The van der Waals surface area contributed by atoms with E-state index in [4.69, 9.17) is 5.73 Å². The van der Waals surface area contributed by atoms with Gasteiger partial charge >= 0.3 is 0 Å². The summed E-state index contributed by atoms with van der Waals surface area (Å²) >= 11 is 0. The van der Waals surface area contributed by atoms with Gasteiger partial charge in [-0.3, -0.25) is 9.40 Å². The maximum atomic E-state index is 13.6. The summed E-state index contributed by atoms with van der Waals surface area (Å²) < 4.78 is 41.7. The third-order valence-corrected chi connectivity index (χ3v) is 4.24. The smallest absolute Gasteiger partial charge is 0.263 e. The minimum absolute atomic E-state index is 0.0894. The first-order valence-electron chi connectivity index (χ1n) is 5.80. The van der Waals surface area contributed by atoms with Gasteiger partial charge in [-0.25, -0.2) is 12.8 Å². The van der Waals surface area contributed by atoms with Crippen molar-refractivity contribution in [3.8, 4) is 0 Å². The molecule has 0 fully saturated rings. The van der Waals surface area contributed by atoms with Crippen LogP contribution in [0.4, 0.5) is 15.9 Å². The highest BCUT2D eigenvalue weighted by molar-refractivity contribution is 7.92. The summed E-state index contributed by atoms with van der Waals surface area (Å²) in [6.07, 6.45) is 0. The molecule has 0 saturated carbocycles. The zero-order valence-electron chi connectivity index (χ0n) is 11.3. The van der Waals surface area contributed by atoms with Crippen molar-refractivity contribution in [2.75, 3.05) is 10.5 Å². The molecule has 20 heavy (non-hydrogen) atoms. The van der Waals surface area contributed by atoms with Crippen LogP contribution in [0.25, 0.3) is 0 Å². The SMILES string of the molecule is Cc1cc(NS(=O)(=O)c2cc(N)c(C)c(F)c2)n(C)n1. The molecule has 0 saturated heterocycles. The largest absolute Gasteiger partial charge is 0.398 e. The van der Waals surface area contributed by atoms with E-state index in [-0.39, 0.29) is 16.1 Å². The summed E-state index contributed by atoms with van der Waals surface area (Å²) in [5, 5.41) is 4.03. The Labute approximate surface area is 116 Å². The molecule has 6 nitrogen and oxygen atoms in total. The fourth-order valence-corrected chi connectivity index (χ4v) is 2.86. The number of rotatable bonds is 3. The molecule has 0 bridgehead atoms. The molecule has 3 N–H and O–H groups in total. The van der Waals surface area contributed by atoms with E-state index in [1.807, 2.05) is 0 Å². The van der Waals surface area contributed by atoms with Crippen LogP contribution in [-0.4, -0.2) is 18.2 Å². The Bertz CT molecular complexity index is 745. The number of aromatic nitrogens is 2. The van der Waals surface area contributed by atoms with Gasteiger partial charge in [0.25, 0.3) is 10.0 Å². The van der Waals surface area contributed by atoms with E-state index in [1.165, 1.54) is 17.7 Å². The van der Waals surface area contributed by atoms with Gasteiger partial charge < -0.3 is 5.73 Å². The van der Waals surface area contributed by atoms with Crippen LogP contribution in [0.1, 0.15) is 11.3 Å². The normalized spacial score (nSPS) is 11.6. The van der Waals surface area contributed by atoms with Gasteiger partial charge in [-0.2, -0.15) is 5.10 Å². The highest BCUT2D eigenvalue weighted by Gasteiger charge is 2.19. The van der Waals surface area contributed by atoms with Crippen molar-refractivity contribution in [1.82, 2.24) is 9.78 Å². The van der Waals surface area contributed by atoms with Gasteiger partial charge in [-0.1, -0.05) is 0 Å². The molecule has 0 aliphatic heterocycles. The van der Waals surface area contributed by atoms with E-state index in [9.17, 15) is 12.8 Å². The van der Waals surface area contributed by atoms with Gasteiger partial charge in [0.1, 0.15) is 11.6 Å². The Hall–Kier alpha value is -2.09. The molecule has 108 valence electrons. The Morgan fingerprint density at radius 1 is 1.30 bits per heavy atom. The minimum atomic E-state index is -3.92. The number of benzene rings is 1. The van der Waals surface area contributed by atoms with Gasteiger partial charge in [-0.05, 0) is 26.0 Å². The number of halogens is 1. The molecule has 0 atom stereocenters. The van der Waals surface area contributed by atoms with E-state index in [0.29, 0.717) is 11.5 Å². The zero-order valence-corrected chi connectivity index (χ0v) is 12.1. The number of hydrogen-bond donors (Lipinski definition) is 2. The van der Waals surface area contributed by atoms with E-state index >= 15 is 0 Å². The molecule has 1 heterocycles. The van der Waals surface area contributed by atoms with Crippen molar-refractivity contribution in [2.24, 2.45) is 7.05 Å². The molecule has 1 aromatic carbocycles. The van der Waals surface area contributed by atoms with Crippen LogP contribution in [0, 0.1) is 19.7 Å². The molecular weight excluding hydrogens is 283 g/mol. The quantitative estimate of drug-likeness (QED) is 0.841. The first-order chi connectivity index (χ1) is 9.20. The summed E-state index contributed by atoms with van der Waals surface area (Å²) in [6, 6.07) is 3.74. The minimum Gasteiger partial charge on any atom is -0.398 e. The van der Waals surface area contributed by atoms with Gasteiger partial charge in [0, 0.05) is 24.4 Å². The van der Waals surface area contributed by atoms with Crippen LogP contribution >= 0.6 is 0 Å². The molecule has 2 aromatic rings. The average Bonchev–Trinajstić information content (AvgIpc) is 2.63. The number of aryl methyl sites for hydroxylation is 2. The molecule has 0 aliphatic carbocycles. The van der Waals surface area contributed by atoms with Crippen LogP contribution in [0.15, 0.2) is 23.1 Å². The lowest BCUT2D eigenvalue weighted by Crippen LogP contribution is -2.16. The number of nitrogens with zero attached hydrogens (tertiary/aromatic N) is 2. The summed E-state index contributed by atoms with van der Waals surface area (Å²) in [5.41, 5.74) is 6.57.